The molecule has 0 atom stereocenters. The Morgan fingerprint density at radius 1 is 1.27 bits per heavy atom. The fourth-order valence-electron chi connectivity index (χ4n) is 2.53. The number of nitrogens with zero attached hydrogens (tertiary/aromatic N) is 2. The van der Waals surface area contributed by atoms with E-state index in [1.54, 1.807) is 0 Å². The molecule has 0 aliphatic carbocycles. The number of hydrogen-bond acceptors (Lipinski definition) is 5. The molecule has 1 aliphatic heterocycles. The van der Waals surface area contributed by atoms with Gasteiger partial charge >= 0.3 is 0 Å². The van der Waals surface area contributed by atoms with Crippen LogP contribution >= 0.6 is 24.0 Å². The van der Waals surface area contributed by atoms with Crippen molar-refractivity contribution in [3.05, 3.63) is 81.3 Å². The van der Waals surface area contributed by atoms with Gasteiger partial charge in [0.2, 0.25) is 0 Å². The van der Waals surface area contributed by atoms with Gasteiger partial charge in [0.25, 0.3) is 5.69 Å². The first-order chi connectivity index (χ1) is 12.1. The molecule has 138 valence electrons. The zero-order valence-electron chi connectivity index (χ0n) is 13.8. The van der Waals surface area contributed by atoms with E-state index in [0.717, 1.165) is 13.1 Å². The van der Waals surface area contributed by atoms with E-state index < -0.39 is 4.92 Å². The first-order valence-electron chi connectivity index (χ1n) is 7.80. The minimum Gasteiger partial charge on any atom is -0.492 e. The average Bonchev–Trinajstić information content (AvgIpc) is 2.62. The lowest BCUT2D eigenvalue weighted by Gasteiger charge is -2.28. The van der Waals surface area contributed by atoms with Gasteiger partial charge in [-0.25, -0.2) is 0 Å². The van der Waals surface area contributed by atoms with Crippen LogP contribution in [0.2, 0.25) is 5.02 Å². The first kappa shape index (κ1) is 20.0. The number of hydrogen-bond donors (Lipinski definition) is 0. The summed E-state index contributed by atoms with van der Waals surface area (Å²) >= 11 is 6.02. The standard InChI is InChI=1S/C18H17ClN2O4.ClH/c19-17-10-15(21(22)23)6-7-18(17)25-13-16-12-20(8-9-24-16)11-14-4-2-1-3-5-14;/h1-7,10,13H,8-9,11-12H2;1H. The third-order valence-corrected chi connectivity index (χ3v) is 4.06. The Hall–Kier alpha value is -2.28. The molecular weight excluding hydrogens is 379 g/mol. The maximum Gasteiger partial charge on any atom is 0.271 e. The van der Waals surface area contributed by atoms with Crippen molar-refractivity contribution in [2.24, 2.45) is 0 Å². The smallest absolute Gasteiger partial charge is 0.271 e. The van der Waals surface area contributed by atoms with E-state index >= 15 is 0 Å². The van der Waals surface area contributed by atoms with Crippen molar-refractivity contribution in [1.29, 1.82) is 0 Å². The zero-order chi connectivity index (χ0) is 17.6. The van der Waals surface area contributed by atoms with E-state index in [4.69, 9.17) is 21.1 Å². The lowest BCUT2D eigenvalue weighted by atomic mass is 10.2. The van der Waals surface area contributed by atoms with Gasteiger partial charge in [-0.2, -0.15) is 0 Å². The number of nitro benzene ring substituents is 1. The van der Waals surface area contributed by atoms with Gasteiger partial charge < -0.3 is 9.47 Å². The Morgan fingerprint density at radius 2 is 2.04 bits per heavy atom. The molecule has 1 aliphatic rings. The van der Waals surface area contributed by atoms with Crippen molar-refractivity contribution in [2.75, 3.05) is 19.7 Å². The minimum atomic E-state index is -0.500. The number of benzene rings is 2. The summed E-state index contributed by atoms with van der Waals surface area (Å²) in [5.41, 5.74) is 1.16. The lowest BCUT2D eigenvalue weighted by molar-refractivity contribution is -0.384. The quantitative estimate of drug-likeness (QED) is 0.425. The lowest BCUT2D eigenvalue weighted by Crippen LogP contribution is -2.34. The summed E-state index contributed by atoms with van der Waals surface area (Å²) in [4.78, 5) is 12.5. The Bertz CT molecular complexity index is 784. The molecule has 0 spiro atoms. The van der Waals surface area contributed by atoms with Crippen LogP contribution in [0.5, 0.6) is 5.75 Å². The van der Waals surface area contributed by atoms with Crippen LogP contribution in [0.3, 0.4) is 0 Å². The number of morpholine rings is 1. The average molecular weight is 397 g/mol. The number of rotatable bonds is 5. The van der Waals surface area contributed by atoms with Crippen molar-refractivity contribution >= 4 is 29.7 Å². The van der Waals surface area contributed by atoms with Gasteiger partial charge in [0, 0.05) is 25.2 Å². The molecule has 2 aromatic rings. The molecular formula is C18H18Cl2N2O4. The fourth-order valence-corrected chi connectivity index (χ4v) is 2.75. The van der Waals surface area contributed by atoms with E-state index in [-0.39, 0.29) is 23.1 Å². The Kier molecular flexibility index (Phi) is 7.26. The molecule has 1 saturated heterocycles. The molecule has 8 heteroatoms. The van der Waals surface area contributed by atoms with Crippen molar-refractivity contribution in [2.45, 2.75) is 6.54 Å². The molecule has 3 rings (SSSR count). The van der Waals surface area contributed by atoms with Crippen LogP contribution in [0, 0.1) is 10.1 Å². The number of nitro groups is 1. The molecule has 0 bridgehead atoms. The fraction of sp³-hybridized carbons (Fsp3) is 0.222. The monoisotopic (exact) mass is 396 g/mol. The third kappa shape index (κ3) is 5.36. The normalized spacial score (nSPS) is 15.8. The largest absolute Gasteiger partial charge is 0.492 e. The predicted octanol–water partition coefficient (Wildman–Crippen LogP) is 4.42. The summed E-state index contributed by atoms with van der Waals surface area (Å²) in [6.07, 6.45) is 1.50. The van der Waals surface area contributed by atoms with Gasteiger partial charge in [-0.3, -0.25) is 15.0 Å². The molecule has 0 unspecified atom stereocenters. The van der Waals surface area contributed by atoms with Crippen LogP contribution in [0.4, 0.5) is 5.69 Å². The molecule has 1 heterocycles. The van der Waals surface area contributed by atoms with Gasteiger partial charge in [0.05, 0.1) is 16.5 Å². The topological polar surface area (TPSA) is 64.8 Å². The van der Waals surface area contributed by atoms with Crippen molar-refractivity contribution in [3.63, 3.8) is 0 Å². The summed E-state index contributed by atoms with van der Waals surface area (Å²) in [6.45, 7) is 2.87. The molecule has 0 aromatic heterocycles. The van der Waals surface area contributed by atoms with Crippen molar-refractivity contribution in [3.8, 4) is 5.75 Å². The Labute approximate surface area is 162 Å². The SMILES string of the molecule is Cl.O=[N+]([O-])c1ccc(OC=C2CN(Cc3ccccc3)CCO2)c(Cl)c1. The van der Waals surface area contributed by atoms with E-state index in [9.17, 15) is 10.1 Å². The predicted molar refractivity (Wildman–Crippen MR) is 102 cm³/mol. The van der Waals surface area contributed by atoms with Crippen LogP contribution in [0.1, 0.15) is 5.56 Å². The van der Waals surface area contributed by atoms with Gasteiger partial charge in [-0.1, -0.05) is 41.9 Å². The van der Waals surface area contributed by atoms with E-state index in [2.05, 4.69) is 17.0 Å². The second kappa shape index (κ2) is 9.43. The molecule has 0 radical (unpaired) electrons. The van der Waals surface area contributed by atoms with Crippen molar-refractivity contribution < 1.29 is 14.4 Å². The van der Waals surface area contributed by atoms with Gasteiger partial charge in [-0.15, -0.1) is 12.4 Å². The summed E-state index contributed by atoms with van der Waals surface area (Å²) in [6, 6.07) is 14.3. The van der Waals surface area contributed by atoms with Gasteiger partial charge in [-0.05, 0) is 11.6 Å². The highest BCUT2D eigenvalue weighted by Gasteiger charge is 2.16. The zero-order valence-corrected chi connectivity index (χ0v) is 15.4. The van der Waals surface area contributed by atoms with E-state index in [0.29, 0.717) is 24.7 Å². The molecule has 0 saturated carbocycles. The molecule has 0 N–H and O–H groups in total. The number of non-ortho nitro benzene ring substituents is 1. The Balaban J connectivity index is 0.00000243. The first-order valence-corrected chi connectivity index (χ1v) is 8.18. The number of ether oxygens (including phenoxy) is 2. The summed E-state index contributed by atoms with van der Waals surface area (Å²) in [5, 5.41) is 10.9. The maximum atomic E-state index is 10.7. The molecule has 0 amide bonds. The maximum absolute atomic E-state index is 10.7. The van der Waals surface area contributed by atoms with Gasteiger partial charge in [0.15, 0.2) is 0 Å². The summed E-state index contributed by atoms with van der Waals surface area (Å²) < 4.78 is 11.2. The molecule has 2 aromatic carbocycles. The highest BCUT2D eigenvalue weighted by molar-refractivity contribution is 6.32. The minimum absolute atomic E-state index is 0. The Morgan fingerprint density at radius 3 is 2.73 bits per heavy atom. The second-order valence-electron chi connectivity index (χ2n) is 5.62. The van der Waals surface area contributed by atoms with Crippen LogP contribution in [0.25, 0.3) is 0 Å². The van der Waals surface area contributed by atoms with Gasteiger partial charge in [0.1, 0.15) is 24.4 Å². The highest BCUT2D eigenvalue weighted by atomic mass is 35.5. The van der Waals surface area contributed by atoms with Crippen LogP contribution in [0.15, 0.2) is 60.6 Å². The van der Waals surface area contributed by atoms with E-state index in [1.165, 1.54) is 30.0 Å². The van der Waals surface area contributed by atoms with E-state index in [1.807, 2.05) is 18.2 Å². The van der Waals surface area contributed by atoms with Crippen LogP contribution in [-0.2, 0) is 11.3 Å². The summed E-state index contributed by atoms with van der Waals surface area (Å²) in [7, 11) is 0. The second-order valence-corrected chi connectivity index (χ2v) is 6.03. The molecule has 26 heavy (non-hydrogen) atoms. The van der Waals surface area contributed by atoms with Crippen LogP contribution in [-0.4, -0.2) is 29.5 Å². The summed E-state index contributed by atoms with van der Waals surface area (Å²) in [5.74, 6) is 1.04. The van der Waals surface area contributed by atoms with Crippen LogP contribution < -0.4 is 4.74 Å². The molecule has 6 nitrogen and oxygen atoms in total. The third-order valence-electron chi connectivity index (χ3n) is 3.77. The molecule has 1 fully saturated rings. The van der Waals surface area contributed by atoms with Crippen molar-refractivity contribution in [1.82, 2.24) is 4.90 Å². The number of halogens is 2. The highest BCUT2D eigenvalue weighted by Crippen LogP contribution is 2.29.